The van der Waals surface area contributed by atoms with Crippen LogP contribution in [0.3, 0.4) is 0 Å². The number of ether oxygens (including phenoxy) is 2. The molecule has 0 radical (unpaired) electrons. The van der Waals surface area contributed by atoms with Gasteiger partial charge in [0.2, 0.25) is 12.7 Å². The highest BCUT2D eigenvalue weighted by atomic mass is 35.5. The number of carbonyl (C=O) groups is 2. The Morgan fingerprint density at radius 1 is 1.08 bits per heavy atom. The molecule has 0 atom stereocenters. The molecule has 1 aliphatic rings. The minimum Gasteiger partial charge on any atom is -0.454 e. The number of amides is 3. The molecule has 2 N–H and O–H groups in total. The largest absolute Gasteiger partial charge is 0.454 e. The van der Waals surface area contributed by atoms with Gasteiger partial charge in [0.15, 0.2) is 11.5 Å². The van der Waals surface area contributed by atoms with Crippen molar-refractivity contribution in [3.63, 3.8) is 0 Å². The molecular weight excluding hydrogens is 352 g/mol. The number of nitrogens with one attached hydrogen (secondary N) is 2. The summed E-state index contributed by atoms with van der Waals surface area (Å²) < 4.78 is 10.4. The Kier molecular flexibility index (Phi) is 5.12. The van der Waals surface area contributed by atoms with Gasteiger partial charge in [-0.15, -0.1) is 11.8 Å². The van der Waals surface area contributed by atoms with E-state index in [1.807, 2.05) is 12.1 Å². The Balaban J connectivity index is 1.47. The molecule has 3 rings (SSSR count). The minimum atomic E-state index is -0.601. The van der Waals surface area contributed by atoms with E-state index in [1.54, 1.807) is 30.3 Å². The van der Waals surface area contributed by atoms with Gasteiger partial charge in [-0.3, -0.25) is 10.1 Å². The van der Waals surface area contributed by atoms with Crippen LogP contribution >= 0.6 is 23.4 Å². The highest BCUT2D eigenvalue weighted by Gasteiger charge is 2.15. The second kappa shape index (κ2) is 7.46. The highest BCUT2D eigenvalue weighted by molar-refractivity contribution is 8.00. The van der Waals surface area contributed by atoms with Gasteiger partial charge in [0, 0.05) is 21.7 Å². The lowest BCUT2D eigenvalue weighted by molar-refractivity contribution is -0.117. The summed E-state index contributed by atoms with van der Waals surface area (Å²) in [5.41, 5.74) is 0.509. The normalized spacial score (nSPS) is 11.9. The summed E-state index contributed by atoms with van der Waals surface area (Å²) in [6.07, 6.45) is 0. The van der Waals surface area contributed by atoms with Crippen molar-refractivity contribution in [3.05, 3.63) is 47.5 Å². The van der Waals surface area contributed by atoms with E-state index in [0.717, 1.165) is 4.90 Å². The quantitative estimate of drug-likeness (QED) is 0.812. The maximum Gasteiger partial charge on any atom is 0.325 e. The van der Waals surface area contributed by atoms with Crippen molar-refractivity contribution in [1.29, 1.82) is 0 Å². The zero-order chi connectivity index (χ0) is 16.9. The fourth-order valence-electron chi connectivity index (χ4n) is 1.98. The lowest BCUT2D eigenvalue weighted by Gasteiger charge is -2.07. The molecule has 8 heteroatoms. The summed E-state index contributed by atoms with van der Waals surface area (Å²) in [4.78, 5) is 24.5. The van der Waals surface area contributed by atoms with Crippen LogP contribution in [0.2, 0.25) is 5.02 Å². The average molecular weight is 365 g/mol. The van der Waals surface area contributed by atoms with Crippen molar-refractivity contribution >= 4 is 41.0 Å². The molecule has 0 saturated heterocycles. The van der Waals surface area contributed by atoms with Crippen molar-refractivity contribution in [3.8, 4) is 11.5 Å². The van der Waals surface area contributed by atoms with Gasteiger partial charge in [0.1, 0.15) is 0 Å². The number of urea groups is 1. The second-order valence-electron chi connectivity index (χ2n) is 4.81. The molecule has 6 nitrogen and oxygen atoms in total. The van der Waals surface area contributed by atoms with Gasteiger partial charge in [-0.25, -0.2) is 4.79 Å². The molecule has 2 aromatic rings. The van der Waals surface area contributed by atoms with Crippen LogP contribution in [0, 0.1) is 0 Å². The summed E-state index contributed by atoms with van der Waals surface area (Å²) in [5, 5.41) is 5.48. The van der Waals surface area contributed by atoms with Crippen LogP contribution in [0.4, 0.5) is 10.5 Å². The third-order valence-corrected chi connectivity index (χ3v) is 4.33. The predicted octanol–water partition coefficient (Wildman–Crippen LogP) is 3.51. The number of anilines is 1. The number of imide groups is 1. The number of hydrogen-bond acceptors (Lipinski definition) is 5. The van der Waals surface area contributed by atoms with Crippen molar-refractivity contribution in [2.45, 2.75) is 4.90 Å². The van der Waals surface area contributed by atoms with Gasteiger partial charge < -0.3 is 14.8 Å². The highest BCUT2D eigenvalue weighted by Crippen LogP contribution is 2.34. The number of benzene rings is 2. The Bertz CT molecular complexity index is 767. The molecule has 0 fully saturated rings. The summed E-state index contributed by atoms with van der Waals surface area (Å²) >= 11 is 7.11. The molecule has 0 bridgehead atoms. The lowest BCUT2D eigenvalue weighted by atomic mass is 10.3. The second-order valence-corrected chi connectivity index (χ2v) is 6.30. The standard InChI is InChI=1S/C16H13ClN2O4S/c17-10-1-4-12(5-2-10)24-8-15(20)19-16(21)18-11-3-6-13-14(7-11)23-9-22-13/h1-7H,8-9H2,(H2,18,19,20,21). The van der Waals surface area contributed by atoms with E-state index in [1.165, 1.54) is 11.8 Å². The van der Waals surface area contributed by atoms with Crippen LogP contribution in [0.25, 0.3) is 0 Å². The van der Waals surface area contributed by atoms with E-state index in [-0.39, 0.29) is 12.5 Å². The number of rotatable bonds is 4. The SMILES string of the molecule is O=C(CSc1ccc(Cl)cc1)NC(=O)Nc1ccc2c(c1)OCO2. The summed E-state index contributed by atoms with van der Waals surface area (Å²) in [5.74, 6) is 0.901. The third kappa shape index (κ3) is 4.33. The fourth-order valence-corrected chi connectivity index (χ4v) is 2.80. The molecule has 1 aliphatic heterocycles. The Labute approximate surface area is 147 Å². The first-order valence-corrected chi connectivity index (χ1v) is 8.35. The van der Waals surface area contributed by atoms with E-state index < -0.39 is 11.9 Å². The monoisotopic (exact) mass is 364 g/mol. The van der Waals surface area contributed by atoms with Crippen LogP contribution < -0.4 is 20.1 Å². The minimum absolute atomic E-state index is 0.121. The third-order valence-electron chi connectivity index (χ3n) is 3.07. The Morgan fingerprint density at radius 3 is 2.62 bits per heavy atom. The zero-order valence-electron chi connectivity index (χ0n) is 12.4. The molecule has 1 heterocycles. The van der Waals surface area contributed by atoms with Crippen LogP contribution in [-0.2, 0) is 4.79 Å². The average Bonchev–Trinajstić information content (AvgIpc) is 3.02. The van der Waals surface area contributed by atoms with Gasteiger partial charge in [-0.05, 0) is 36.4 Å². The molecule has 0 spiro atoms. The zero-order valence-corrected chi connectivity index (χ0v) is 13.9. The van der Waals surface area contributed by atoms with Gasteiger partial charge in [0.25, 0.3) is 0 Å². The summed E-state index contributed by atoms with van der Waals surface area (Å²) in [6, 6.07) is 11.5. The molecule has 0 aliphatic carbocycles. The first kappa shape index (κ1) is 16.5. The molecule has 2 aromatic carbocycles. The molecule has 3 amide bonds. The van der Waals surface area contributed by atoms with Crippen LogP contribution in [0.5, 0.6) is 11.5 Å². The topological polar surface area (TPSA) is 76.7 Å². The summed E-state index contributed by atoms with van der Waals surface area (Å²) in [6.45, 7) is 0.158. The van der Waals surface area contributed by atoms with E-state index in [4.69, 9.17) is 21.1 Å². The van der Waals surface area contributed by atoms with Crippen LogP contribution in [0.15, 0.2) is 47.4 Å². The van der Waals surface area contributed by atoms with Gasteiger partial charge in [-0.1, -0.05) is 11.6 Å². The lowest BCUT2D eigenvalue weighted by Crippen LogP contribution is -2.35. The Hall–Kier alpha value is -2.38. The van der Waals surface area contributed by atoms with E-state index in [0.29, 0.717) is 22.2 Å². The van der Waals surface area contributed by atoms with Gasteiger partial charge >= 0.3 is 6.03 Å². The molecule has 0 unspecified atom stereocenters. The van der Waals surface area contributed by atoms with Crippen LogP contribution in [0.1, 0.15) is 0 Å². The smallest absolute Gasteiger partial charge is 0.325 e. The first-order valence-electron chi connectivity index (χ1n) is 6.99. The van der Waals surface area contributed by atoms with Crippen molar-refractivity contribution in [2.75, 3.05) is 17.9 Å². The number of hydrogen-bond donors (Lipinski definition) is 2. The molecular formula is C16H13ClN2O4S. The van der Waals surface area contributed by atoms with Crippen LogP contribution in [-0.4, -0.2) is 24.5 Å². The maximum absolute atomic E-state index is 11.8. The predicted molar refractivity (Wildman–Crippen MR) is 91.9 cm³/mol. The van der Waals surface area contributed by atoms with E-state index in [2.05, 4.69) is 10.6 Å². The van der Waals surface area contributed by atoms with Crippen molar-refractivity contribution in [1.82, 2.24) is 5.32 Å². The molecule has 24 heavy (non-hydrogen) atoms. The number of fused-ring (bicyclic) bond motifs is 1. The van der Waals surface area contributed by atoms with E-state index in [9.17, 15) is 9.59 Å². The van der Waals surface area contributed by atoms with Gasteiger partial charge in [0.05, 0.1) is 5.75 Å². The van der Waals surface area contributed by atoms with Crippen molar-refractivity contribution < 1.29 is 19.1 Å². The Morgan fingerprint density at radius 2 is 1.83 bits per heavy atom. The molecule has 0 aromatic heterocycles. The molecule has 0 saturated carbocycles. The summed E-state index contributed by atoms with van der Waals surface area (Å²) in [7, 11) is 0. The fraction of sp³-hybridized carbons (Fsp3) is 0.125. The first-order chi connectivity index (χ1) is 11.6. The number of carbonyl (C=O) groups excluding carboxylic acids is 2. The number of halogens is 1. The van der Waals surface area contributed by atoms with E-state index >= 15 is 0 Å². The molecule has 124 valence electrons. The number of thioether (sulfide) groups is 1. The van der Waals surface area contributed by atoms with Gasteiger partial charge in [-0.2, -0.15) is 0 Å². The van der Waals surface area contributed by atoms with Crippen molar-refractivity contribution in [2.24, 2.45) is 0 Å². The maximum atomic E-state index is 11.8.